The van der Waals surface area contributed by atoms with Crippen LogP contribution in [0, 0.1) is 0 Å². The van der Waals surface area contributed by atoms with Gasteiger partial charge in [-0.1, -0.05) is 48.0 Å². The fraction of sp³-hybridized carbons (Fsp3) is 0.0833. The molecule has 0 atom stereocenters. The first-order chi connectivity index (χ1) is 14.5. The van der Waals surface area contributed by atoms with Crippen LogP contribution < -0.4 is 4.74 Å². The van der Waals surface area contributed by atoms with Gasteiger partial charge in [-0.15, -0.1) is 0 Å². The maximum absolute atomic E-state index is 12.4. The van der Waals surface area contributed by atoms with Gasteiger partial charge in [0.25, 0.3) is 0 Å². The fourth-order valence-electron chi connectivity index (χ4n) is 3.29. The Morgan fingerprint density at radius 2 is 1.73 bits per heavy atom. The second-order valence-electron chi connectivity index (χ2n) is 6.86. The minimum Gasteiger partial charge on any atom is -0.484 e. The molecule has 0 radical (unpaired) electrons. The normalized spacial score (nSPS) is 10.8. The largest absolute Gasteiger partial charge is 0.484 e. The monoisotopic (exact) mass is 419 g/mol. The van der Waals surface area contributed by atoms with Crippen molar-refractivity contribution in [2.75, 3.05) is 6.61 Å². The van der Waals surface area contributed by atoms with Gasteiger partial charge in [-0.25, -0.2) is 4.79 Å². The van der Waals surface area contributed by atoms with Crippen LogP contribution in [-0.2, 0) is 11.3 Å². The van der Waals surface area contributed by atoms with E-state index in [0.717, 1.165) is 22.0 Å². The lowest BCUT2D eigenvalue weighted by atomic mass is 10.1. The van der Waals surface area contributed by atoms with Gasteiger partial charge in [-0.3, -0.25) is 4.79 Å². The summed E-state index contributed by atoms with van der Waals surface area (Å²) in [7, 11) is 0. The molecule has 0 spiro atoms. The number of rotatable bonds is 7. The second kappa shape index (κ2) is 8.43. The first kappa shape index (κ1) is 19.7. The number of carbonyl (C=O) groups excluding carboxylic acids is 1. The summed E-state index contributed by atoms with van der Waals surface area (Å²) in [5, 5.41) is 10.3. The predicted octanol–water partition coefficient (Wildman–Crippen LogP) is 5.31. The zero-order valence-corrected chi connectivity index (χ0v) is 16.7. The number of benzene rings is 3. The van der Waals surface area contributed by atoms with Crippen molar-refractivity contribution < 1.29 is 19.4 Å². The van der Waals surface area contributed by atoms with Crippen LogP contribution in [0.5, 0.6) is 5.75 Å². The maximum Gasteiger partial charge on any atom is 0.335 e. The summed E-state index contributed by atoms with van der Waals surface area (Å²) in [4.78, 5) is 23.5. The van der Waals surface area contributed by atoms with E-state index in [9.17, 15) is 9.59 Å². The lowest BCUT2D eigenvalue weighted by Gasteiger charge is -2.10. The first-order valence-corrected chi connectivity index (χ1v) is 9.71. The van der Waals surface area contributed by atoms with Crippen LogP contribution in [-0.4, -0.2) is 28.0 Å². The van der Waals surface area contributed by atoms with Gasteiger partial charge in [0.1, 0.15) is 12.4 Å². The fourth-order valence-corrected chi connectivity index (χ4v) is 3.53. The molecule has 3 aromatic carbocycles. The molecule has 150 valence electrons. The van der Waals surface area contributed by atoms with Gasteiger partial charge < -0.3 is 14.4 Å². The van der Waals surface area contributed by atoms with Gasteiger partial charge in [0, 0.05) is 17.1 Å². The zero-order chi connectivity index (χ0) is 21.1. The predicted molar refractivity (Wildman–Crippen MR) is 116 cm³/mol. The summed E-state index contributed by atoms with van der Waals surface area (Å²) in [6, 6.07) is 21.9. The van der Waals surface area contributed by atoms with Gasteiger partial charge in [-0.2, -0.15) is 0 Å². The third-order valence-electron chi connectivity index (χ3n) is 4.79. The van der Waals surface area contributed by atoms with Crippen molar-refractivity contribution in [2.24, 2.45) is 0 Å². The summed E-state index contributed by atoms with van der Waals surface area (Å²) in [5.74, 6) is -0.657. The number of carbonyl (C=O) groups is 2. The van der Waals surface area contributed by atoms with Gasteiger partial charge in [0.15, 0.2) is 5.78 Å². The Labute approximate surface area is 178 Å². The molecule has 4 aromatic rings. The van der Waals surface area contributed by atoms with E-state index in [1.807, 2.05) is 42.5 Å². The Morgan fingerprint density at radius 1 is 0.933 bits per heavy atom. The average molecular weight is 420 g/mol. The highest BCUT2D eigenvalue weighted by Gasteiger charge is 2.11. The van der Waals surface area contributed by atoms with Gasteiger partial charge in [-0.05, 0) is 47.5 Å². The van der Waals surface area contributed by atoms with Gasteiger partial charge in [0.05, 0.1) is 17.1 Å². The number of fused-ring (bicyclic) bond motifs is 1. The number of carboxylic acids is 1. The van der Waals surface area contributed by atoms with Crippen LogP contribution in [0.1, 0.15) is 10.4 Å². The third kappa shape index (κ3) is 4.21. The van der Waals surface area contributed by atoms with Crippen LogP contribution in [0.3, 0.4) is 0 Å². The molecule has 1 N–H and O–H groups in total. The number of aromatic carboxylic acids is 1. The number of ketones is 1. The van der Waals surface area contributed by atoms with Crippen molar-refractivity contribution >= 4 is 34.3 Å². The van der Waals surface area contributed by atoms with Crippen molar-refractivity contribution in [3.8, 4) is 16.9 Å². The molecule has 0 aliphatic rings. The van der Waals surface area contributed by atoms with E-state index in [1.54, 1.807) is 35.0 Å². The van der Waals surface area contributed by atoms with Crippen molar-refractivity contribution in [2.45, 2.75) is 6.54 Å². The molecule has 1 heterocycles. The Hall–Kier alpha value is -3.57. The summed E-state index contributed by atoms with van der Waals surface area (Å²) in [6.45, 7) is 0.00687. The second-order valence-corrected chi connectivity index (χ2v) is 7.27. The molecular formula is C24H18ClNO4. The van der Waals surface area contributed by atoms with Crippen LogP contribution in [0.15, 0.2) is 79.0 Å². The van der Waals surface area contributed by atoms with E-state index in [2.05, 4.69) is 0 Å². The number of carboxylic acid groups (broad SMARTS) is 1. The van der Waals surface area contributed by atoms with Crippen LogP contribution in [0.2, 0.25) is 5.02 Å². The van der Waals surface area contributed by atoms with E-state index in [0.29, 0.717) is 10.8 Å². The number of hydrogen-bond donors (Lipinski definition) is 1. The van der Waals surface area contributed by atoms with Crippen LogP contribution in [0.4, 0.5) is 0 Å². The number of halogens is 1. The molecule has 0 fully saturated rings. The van der Waals surface area contributed by atoms with Crippen molar-refractivity contribution in [1.82, 2.24) is 4.57 Å². The molecule has 0 unspecified atom stereocenters. The maximum atomic E-state index is 12.4. The Morgan fingerprint density at radius 3 is 2.47 bits per heavy atom. The van der Waals surface area contributed by atoms with Crippen molar-refractivity contribution in [3.05, 3.63) is 89.6 Å². The van der Waals surface area contributed by atoms with E-state index in [4.69, 9.17) is 21.4 Å². The molecule has 0 bridgehead atoms. The van der Waals surface area contributed by atoms with Gasteiger partial charge >= 0.3 is 5.97 Å². The topological polar surface area (TPSA) is 68.5 Å². The van der Waals surface area contributed by atoms with E-state index < -0.39 is 5.97 Å². The molecule has 0 amide bonds. The van der Waals surface area contributed by atoms with E-state index in [1.165, 1.54) is 6.07 Å². The minimum absolute atomic E-state index is 0.114. The highest BCUT2D eigenvalue weighted by Crippen LogP contribution is 2.30. The van der Waals surface area contributed by atoms with Gasteiger partial charge in [0.2, 0.25) is 0 Å². The molecule has 0 saturated carbocycles. The number of ether oxygens (including phenoxy) is 1. The highest BCUT2D eigenvalue weighted by molar-refractivity contribution is 6.32. The summed E-state index contributed by atoms with van der Waals surface area (Å²) < 4.78 is 7.40. The number of aromatic nitrogens is 1. The Balaban J connectivity index is 1.42. The number of Topliss-reactive ketones (excluding diaryl/α,β-unsaturated/α-hetero) is 1. The molecule has 0 aliphatic carbocycles. The smallest absolute Gasteiger partial charge is 0.335 e. The summed E-state index contributed by atoms with van der Waals surface area (Å²) in [6.07, 6.45) is 1.76. The number of hydrogen-bond acceptors (Lipinski definition) is 3. The van der Waals surface area contributed by atoms with Crippen molar-refractivity contribution in [3.63, 3.8) is 0 Å². The first-order valence-electron chi connectivity index (χ1n) is 9.33. The standard InChI is InChI=1S/C24H18ClNO4/c25-21-13-17(16-4-2-1-3-5-16)7-9-23(21)30-15-20(27)14-26-11-10-18-12-19(24(28)29)6-8-22(18)26/h1-13H,14-15H2,(H,28,29). The molecule has 1 aromatic heterocycles. The van der Waals surface area contributed by atoms with Crippen molar-refractivity contribution in [1.29, 1.82) is 0 Å². The molecule has 0 aliphatic heterocycles. The highest BCUT2D eigenvalue weighted by atomic mass is 35.5. The molecule has 4 rings (SSSR count). The van der Waals surface area contributed by atoms with E-state index in [-0.39, 0.29) is 24.5 Å². The molecule has 0 saturated heterocycles. The van der Waals surface area contributed by atoms with E-state index >= 15 is 0 Å². The third-order valence-corrected chi connectivity index (χ3v) is 5.09. The zero-order valence-electron chi connectivity index (χ0n) is 15.9. The SMILES string of the molecule is O=C(COc1ccc(-c2ccccc2)cc1Cl)Cn1ccc2cc(C(=O)O)ccc21. The van der Waals surface area contributed by atoms with Crippen LogP contribution >= 0.6 is 11.6 Å². The molecule has 6 heteroatoms. The Bertz CT molecular complexity index is 1230. The minimum atomic E-state index is -0.982. The lowest BCUT2D eigenvalue weighted by Crippen LogP contribution is -2.17. The quantitative estimate of drug-likeness (QED) is 0.441. The lowest BCUT2D eigenvalue weighted by molar-refractivity contribution is -0.121. The Kier molecular flexibility index (Phi) is 5.55. The van der Waals surface area contributed by atoms with Crippen LogP contribution in [0.25, 0.3) is 22.0 Å². The average Bonchev–Trinajstić information content (AvgIpc) is 3.15. The molecule has 30 heavy (non-hydrogen) atoms. The molecular weight excluding hydrogens is 402 g/mol. The summed E-state index contributed by atoms with van der Waals surface area (Å²) in [5.41, 5.74) is 3.02. The number of nitrogens with zero attached hydrogens (tertiary/aromatic N) is 1. The summed E-state index contributed by atoms with van der Waals surface area (Å²) >= 11 is 6.33. The molecule has 5 nitrogen and oxygen atoms in total.